The quantitative estimate of drug-likeness (QED) is 0.677. The number of alkyl halides is 3. The molecule has 1 fully saturated rings. The Morgan fingerprint density at radius 3 is 2.35 bits per heavy atom. The zero-order chi connectivity index (χ0) is 14.4. The van der Waals surface area contributed by atoms with Crippen LogP contribution in [0.3, 0.4) is 0 Å². The van der Waals surface area contributed by atoms with E-state index in [4.69, 9.17) is 0 Å². The van der Waals surface area contributed by atoms with Crippen molar-refractivity contribution in [2.45, 2.75) is 25.4 Å². The van der Waals surface area contributed by atoms with Crippen LogP contribution in [0, 0.1) is 0 Å². The van der Waals surface area contributed by atoms with Gasteiger partial charge in [0.2, 0.25) is 0 Å². The number of hydrogen-bond donors (Lipinski definition) is 1. The Morgan fingerprint density at radius 1 is 1.10 bits per heavy atom. The summed E-state index contributed by atoms with van der Waals surface area (Å²) in [5.74, 6) is 0. The number of anilines is 1. The van der Waals surface area contributed by atoms with Gasteiger partial charge in [-0.3, -0.25) is 10.3 Å². The molecule has 3 nitrogen and oxygen atoms in total. The number of halogens is 3. The fourth-order valence-corrected chi connectivity index (χ4v) is 2.16. The summed E-state index contributed by atoms with van der Waals surface area (Å²) in [6, 6.07) is 8.65. The van der Waals surface area contributed by atoms with Gasteiger partial charge in [0.05, 0.1) is 5.69 Å². The smallest absolute Gasteiger partial charge is 0.297 e. The van der Waals surface area contributed by atoms with E-state index in [1.807, 2.05) is 4.90 Å². The number of hydrogen-bond acceptors (Lipinski definition) is 3. The minimum atomic E-state index is -4.40. The van der Waals surface area contributed by atoms with E-state index >= 15 is 0 Å². The van der Waals surface area contributed by atoms with Gasteiger partial charge in [-0.15, -0.1) is 0 Å². The van der Waals surface area contributed by atoms with E-state index in [2.05, 4.69) is 10.5 Å². The molecule has 1 N–H and O–H groups in total. The molecule has 0 aliphatic carbocycles. The molecule has 0 unspecified atom stereocenters. The molecule has 1 saturated heterocycles. The third kappa shape index (κ3) is 4.52. The SMILES string of the molecule is FC(F)(F)/C(CN1CCCCC1)=N/Nc1ccccc1. The summed E-state index contributed by atoms with van der Waals surface area (Å²) in [7, 11) is 0. The van der Waals surface area contributed by atoms with Crippen LogP contribution >= 0.6 is 0 Å². The van der Waals surface area contributed by atoms with Crippen LogP contribution in [0.15, 0.2) is 35.4 Å². The highest BCUT2D eigenvalue weighted by Crippen LogP contribution is 2.20. The monoisotopic (exact) mass is 285 g/mol. The van der Waals surface area contributed by atoms with Crippen LogP contribution < -0.4 is 5.43 Å². The Bertz CT molecular complexity index is 437. The summed E-state index contributed by atoms with van der Waals surface area (Å²) in [4.78, 5) is 1.81. The third-order valence-electron chi connectivity index (χ3n) is 3.24. The first kappa shape index (κ1) is 14.8. The number of hydrazone groups is 1. The highest BCUT2D eigenvalue weighted by molar-refractivity contribution is 5.92. The van der Waals surface area contributed by atoms with Crippen LogP contribution in [-0.4, -0.2) is 36.4 Å². The number of benzene rings is 1. The van der Waals surface area contributed by atoms with E-state index in [1.54, 1.807) is 30.3 Å². The van der Waals surface area contributed by atoms with Crippen molar-refractivity contribution in [1.82, 2.24) is 4.90 Å². The lowest BCUT2D eigenvalue weighted by Gasteiger charge is -2.27. The Morgan fingerprint density at radius 2 is 1.75 bits per heavy atom. The Balaban J connectivity index is 2.03. The predicted molar refractivity (Wildman–Crippen MR) is 73.8 cm³/mol. The van der Waals surface area contributed by atoms with E-state index in [0.717, 1.165) is 19.3 Å². The Kier molecular flexibility index (Phi) is 5.00. The van der Waals surface area contributed by atoms with E-state index in [1.165, 1.54) is 0 Å². The van der Waals surface area contributed by atoms with Crippen LogP contribution in [0.25, 0.3) is 0 Å². The maximum Gasteiger partial charge on any atom is 0.432 e. The second kappa shape index (κ2) is 6.74. The number of piperidine rings is 1. The normalized spacial score (nSPS) is 18.1. The molecule has 0 spiro atoms. The Hall–Kier alpha value is -1.56. The second-order valence-corrected chi connectivity index (χ2v) is 4.87. The van der Waals surface area contributed by atoms with Gasteiger partial charge in [-0.25, -0.2) is 0 Å². The molecule has 0 atom stereocenters. The summed E-state index contributed by atoms with van der Waals surface area (Å²) in [5.41, 5.74) is 2.26. The third-order valence-corrected chi connectivity index (χ3v) is 3.24. The maximum absolute atomic E-state index is 13.0. The molecule has 1 aromatic carbocycles. The molecule has 20 heavy (non-hydrogen) atoms. The van der Waals surface area contributed by atoms with E-state index < -0.39 is 11.9 Å². The highest BCUT2D eigenvalue weighted by Gasteiger charge is 2.37. The number of nitrogens with one attached hydrogen (secondary N) is 1. The van der Waals surface area contributed by atoms with Gasteiger partial charge in [-0.2, -0.15) is 18.3 Å². The van der Waals surface area contributed by atoms with Crippen LogP contribution in [0.2, 0.25) is 0 Å². The minimum absolute atomic E-state index is 0.149. The fourth-order valence-electron chi connectivity index (χ4n) is 2.16. The molecule has 0 amide bonds. The first-order valence-electron chi connectivity index (χ1n) is 6.73. The zero-order valence-electron chi connectivity index (χ0n) is 11.2. The first-order valence-corrected chi connectivity index (χ1v) is 6.73. The molecule has 1 aliphatic heterocycles. The Labute approximate surface area is 116 Å². The molecular weight excluding hydrogens is 267 g/mol. The molecule has 2 rings (SSSR count). The number of rotatable bonds is 4. The van der Waals surface area contributed by atoms with Crippen LogP contribution in [0.4, 0.5) is 18.9 Å². The molecule has 1 heterocycles. The van der Waals surface area contributed by atoms with Crippen molar-refractivity contribution in [2.75, 3.05) is 25.1 Å². The lowest BCUT2D eigenvalue weighted by atomic mass is 10.1. The predicted octanol–water partition coefficient (Wildman–Crippen LogP) is 3.50. The van der Waals surface area contributed by atoms with Crippen molar-refractivity contribution in [3.05, 3.63) is 30.3 Å². The van der Waals surface area contributed by atoms with Gasteiger partial charge in [0.25, 0.3) is 0 Å². The zero-order valence-corrected chi connectivity index (χ0v) is 11.2. The van der Waals surface area contributed by atoms with E-state index in [-0.39, 0.29) is 6.54 Å². The molecule has 1 aromatic rings. The topological polar surface area (TPSA) is 27.6 Å². The lowest BCUT2D eigenvalue weighted by molar-refractivity contribution is -0.0617. The van der Waals surface area contributed by atoms with Gasteiger partial charge in [0.1, 0.15) is 0 Å². The average Bonchev–Trinajstić information content (AvgIpc) is 2.44. The van der Waals surface area contributed by atoms with Crippen molar-refractivity contribution in [3.8, 4) is 0 Å². The minimum Gasteiger partial charge on any atom is -0.297 e. The molecule has 6 heteroatoms. The van der Waals surface area contributed by atoms with Crippen molar-refractivity contribution >= 4 is 11.4 Å². The van der Waals surface area contributed by atoms with E-state index in [0.29, 0.717) is 18.8 Å². The van der Waals surface area contributed by atoms with Crippen LogP contribution in [0.5, 0.6) is 0 Å². The van der Waals surface area contributed by atoms with Crippen molar-refractivity contribution in [3.63, 3.8) is 0 Å². The van der Waals surface area contributed by atoms with Gasteiger partial charge in [0, 0.05) is 6.54 Å². The molecule has 0 bridgehead atoms. The first-order chi connectivity index (χ1) is 9.55. The van der Waals surface area contributed by atoms with Crippen molar-refractivity contribution in [1.29, 1.82) is 0 Å². The van der Waals surface area contributed by atoms with Gasteiger partial charge >= 0.3 is 6.18 Å². The van der Waals surface area contributed by atoms with Crippen LogP contribution in [0.1, 0.15) is 19.3 Å². The molecule has 0 saturated carbocycles. The van der Waals surface area contributed by atoms with Gasteiger partial charge < -0.3 is 0 Å². The van der Waals surface area contributed by atoms with Gasteiger partial charge in [-0.1, -0.05) is 24.6 Å². The number of likely N-dealkylation sites (tertiary alicyclic amines) is 1. The maximum atomic E-state index is 13.0. The summed E-state index contributed by atoms with van der Waals surface area (Å²) in [6.07, 6.45) is -1.40. The molecular formula is C14H18F3N3. The highest BCUT2D eigenvalue weighted by atomic mass is 19.4. The standard InChI is InChI=1S/C14H18F3N3/c15-14(16,17)13(11-20-9-5-2-6-10-20)19-18-12-7-3-1-4-8-12/h1,3-4,7-8,18H,2,5-6,9-11H2/b19-13+. The van der Waals surface area contributed by atoms with Crippen molar-refractivity contribution in [2.24, 2.45) is 5.10 Å². The summed E-state index contributed by atoms with van der Waals surface area (Å²) >= 11 is 0. The number of para-hydroxylation sites is 1. The summed E-state index contributed by atoms with van der Waals surface area (Å²) in [6.45, 7) is 1.27. The van der Waals surface area contributed by atoms with Crippen LogP contribution in [-0.2, 0) is 0 Å². The van der Waals surface area contributed by atoms with Gasteiger partial charge in [0.15, 0.2) is 5.71 Å². The van der Waals surface area contributed by atoms with Crippen molar-refractivity contribution < 1.29 is 13.2 Å². The molecule has 0 radical (unpaired) electrons. The van der Waals surface area contributed by atoms with Gasteiger partial charge in [-0.05, 0) is 38.1 Å². The number of nitrogens with zero attached hydrogens (tertiary/aromatic N) is 2. The molecule has 110 valence electrons. The largest absolute Gasteiger partial charge is 0.432 e. The average molecular weight is 285 g/mol. The molecule has 1 aliphatic rings. The molecule has 0 aromatic heterocycles. The summed E-state index contributed by atoms with van der Waals surface area (Å²) < 4.78 is 38.9. The lowest BCUT2D eigenvalue weighted by Crippen LogP contribution is -2.40. The second-order valence-electron chi connectivity index (χ2n) is 4.87. The summed E-state index contributed by atoms with van der Waals surface area (Å²) in [5, 5.41) is 3.56. The van der Waals surface area contributed by atoms with E-state index in [9.17, 15) is 13.2 Å². The fraction of sp³-hybridized carbons (Fsp3) is 0.500.